The normalized spacial score (nSPS) is 12.8. The molecule has 0 aliphatic heterocycles. The van der Waals surface area contributed by atoms with Crippen molar-refractivity contribution in [2.75, 3.05) is 6.26 Å². The molecule has 1 aromatic carbocycles. The molecule has 7 nitrogen and oxygen atoms in total. The summed E-state index contributed by atoms with van der Waals surface area (Å²) in [5, 5.41) is 2.86. The Balaban J connectivity index is 2.22. The van der Waals surface area contributed by atoms with E-state index in [1.54, 1.807) is 18.2 Å². The number of rotatable bonds is 7. The van der Waals surface area contributed by atoms with Crippen molar-refractivity contribution < 1.29 is 13.2 Å². The molecule has 1 heterocycles. The molecule has 2 aromatic rings. The molecule has 0 aliphatic carbocycles. The largest absolute Gasteiger partial charge is 0.345 e. The van der Waals surface area contributed by atoms with Crippen LogP contribution in [0.15, 0.2) is 40.0 Å². The number of aromatic amines is 1. The zero-order chi connectivity index (χ0) is 20.2. The van der Waals surface area contributed by atoms with Crippen LogP contribution in [0.1, 0.15) is 55.0 Å². The first-order valence-electron chi connectivity index (χ1n) is 8.81. The molecule has 0 radical (unpaired) electrons. The highest BCUT2D eigenvalue weighted by atomic mass is 32.2. The van der Waals surface area contributed by atoms with Crippen molar-refractivity contribution >= 4 is 15.7 Å². The van der Waals surface area contributed by atoms with Crippen LogP contribution in [0, 0.1) is 5.92 Å². The molecule has 2 rings (SSSR count). The third-order valence-corrected chi connectivity index (χ3v) is 5.21. The van der Waals surface area contributed by atoms with Crippen LogP contribution in [0.3, 0.4) is 0 Å². The molecule has 0 saturated heterocycles. The molecule has 2 N–H and O–H groups in total. The molecule has 0 spiro atoms. The van der Waals surface area contributed by atoms with Gasteiger partial charge in [-0.1, -0.05) is 32.9 Å². The van der Waals surface area contributed by atoms with E-state index in [1.165, 1.54) is 12.1 Å². The lowest BCUT2D eigenvalue weighted by Gasteiger charge is -2.18. The minimum absolute atomic E-state index is 0.0700. The van der Waals surface area contributed by atoms with E-state index in [9.17, 15) is 18.0 Å². The van der Waals surface area contributed by atoms with Gasteiger partial charge in [0.15, 0.2) is 9.84 Å². The van der Waals surface area contributed by atoms with Gasteiger partial charge in [0.1, 0.15) is 5.69 Å². The topological polar surface area (TPSA) is 109 Å². The summed E-state index contributed by atoms with van der Waals surface area (Å²) in [6.45, 7) is 5.95. The van der Waals surface area contributed by atoms with E-state index in [2.05, 4.69) is 15.3 Å². The van der Waals surface area contributed by atoms with Gasteiger partial charge in [0.2, 0.25) is 0 Å². The van der Waals surface area contributed by atoms with Crippen LogP contribution in [0.2, 0.25) is 0 Å². The maximum atomic E-state index is 12.6. The predicted octanol–water partition coefficient (Wildman–Crippen LogP) is 2.25. The van der Waals surface area contributed by atoms with E-state index in [4.69, 9.17) is 0 Å². The van der Waals surface area contributed by atoms with Gasteiger partial charge in [0.25, 0.3) is 5.91 Å². The van der Waals surface area contributed by atoms with Crippen molar-refractivity contribution in [2.24, 2.45) is 5.92 Å². The van der Waals surface area contributed by atoms with E-state index < -0.39 is 21.4 Å². The second kappa shape index (κ2) is 8.47. The van der Waals surface area contributed by atoms with Crippen LogP contribution >= 0.6 is 0 Å². The fraction of sp³-hybridized carbons (Fsp3) is 0.421. The molecular formula is C19H25N3O4S. The third-order valence-electron chi connectivity index (χ3n) is 4.09. The molecule has 1 aromatic heterocycles. The maximum absolute atomic E-state index is 12.6. The van der Waals surface area contributed by atoms with Gasteiger partial charge in [0.05, 0.1) is 10.9 Å². The molecule has 0 saturated carbocycles. The van der Waals surface area contributed by atoms with Crippen molar-refractivity contribution in [1.82, 2.24) is 15.3 Å². The number of benzene rings is 1. The van der Waals surface area contributed by atoms with Gasteiger partial charge in [-0.2, -0.15) is 4.98 Å². The number of sulfone groups is 1. The molecule has 146 valence electrons. The summed E-state index contributed by atoms with van der Waals surface area (Å²) in [5.74, 6) is -0.110. The summed E-state index contributed by atoms with van der Waals surface area (Å²) in [6, 6.07) is 7.68. The van der Waals surface area contributed by atoms with Crippen LogP contribution in [0.4, 0.5) is 0 Å². The van der Waals surface area contributed by atoms with E-state index in [0.717, 1.165) is 11.8 Å². The first-order chi connectivity index (χ1) is 12.6. The van der Waals surface area contributed by atoms with E-state index in [1.807, 2.05) is 20.8 Å². The fourth-order valence-electron chi connectivity index (χ4n) is 2.77. The molecule has 0 bridgehead atoms. The Bertz CT molecular complexity index is 963. The lowest BCUT2D eigenvalue weighted by Crippen LogP contribution is -2.31. The SMILES string of the molecule is CCC(NC(=O)c1cc(CC(C)C)[nH]c(=O)n1)c1ccc(S(C)(=O)=O)cc1. The summed E-state index contributed by atoms with van der Waals surface area (Å²) in [5.41, 5.74) is 0.968. The van der Waals surface area contributed by atoms with Crippen molar-refractivity contribution in [3.05, 3.63) is 57.8 Å². The van der Waals surface area contributed by atoms with Crippen molar-refractivity contribution in [3.8, 4) is 0 Å². The fourth-order valence-corrected chi connectivity index (χ4v) is 3.41. The monoisotopic (exact) mass is 391 g/mol. The Hall–Kier alpha value is -2.48. The molecule has 0 aliphatic rings. The van der Waals surface area contributed by atoms with Gasteiger partial charge in [-0.3, -0.25) is 4.79 Å². The lowest BCUT2D eigenvalue weighted by atomic mass is 10.0. The van der Waals surface area contributed by atoms with Gasteiger partial charge < -0.3 is 10.3 Å². The first-order valence-corrected chi connectivity index (χ1v) is 10.7. The number of nitrogens with zero attached hydrogens (tertiary/aromatic N) is 1. The highest BCUT2D eigenvalue weighted by molar-refractivity contribution is 7.90. The Morgan fingerprint density at radius 3 is 2.37 bits per heavy atom. The molecular weight excluding hydrogens is 366 g/mol. The minimum Gasteiger partial charge on any atom is -0.344 e. The quantitative estimate of drug-likeness (QED) is 0.752. The number of aromatic nitrogens is 2. The van der Waals surface area contributed by atoms with Crippen molar-refractivity contribution in [1.29, 1.82) is 0 Å². The van der Waals surface area contributed by atoms with Crippen LogP contribution < -0.4 is 11.0 Å². The number of nitrogens with one attached hydrogen (secondary N) is 2. The van der Waals surface area contributed by atoms with Gasteiger partial charge in [-0.05, 0) is 42.5 Å². The smallest absolute Gasteiger partial charge is 0.344 e. The molecule has 1 atom stereocenters. The molecule has 8 heteroatoms. The highest BCUT2D eigenvalue weighted by Gasteiger charge is 2.17. The zero-order valence-electron chi connectivity index (χ0n) is 15.9. The molecule has 1 unspecified atom stereocenters. The van der Waals surface area contributed by atoms with Crippen molar-refractivity contribution in [3.63, 3.8) is 0 Å². The number of hydrogen-bond acceptors (Lipinski definition) is 5. The van der Waals surface area contributed by atoms with Crippen molar-refractivity contribution in [2.45, 2.75) is 44.6 Å². The summed E-state index contributed by atoms with van der Waals surface area (Å²) >= 11 is 0. The lowest BCUT2D eigenvalue weighted by molar-refractivity contribution is 0.0929. The second-order valence-corrected chi connectivity index (χ2v) is 8.99. The number of carbonyl (C=O) groups excluding carboxylic acids is 1. The average molecular weight is 391 g/mol. The van der Waals surface area contributed by atoms with Crippen LogP contribution in [0.5, 0.6) is 0 Å². The number of hydrogen-bond donors (Lipinski definition) is 2. The first kappa shape index (κ1) is 20.8. The van der Waals surface area contributed by atoms with Crippen LogP contribution in [0.25, 0.3) is 0 Å². The Kier molecular flexibility index (Phi) is 6.54. The maximum Gasteiger partial charge on any atom is 0.345 e. The van der Waals surface area contributed by atoms with Gasteiger partial charge in [-0.15, -0.1) is 0 Å². The van der Waals surface area contributed by atoms with Gasteiger partial charge >= 0.3 is 5.69 Å². The van der Waals surface area contributed by atoms with Gasteiger partial charge in [0, 0.05) is 11.9 Å². The van der Waals surface area contributed by atoms with E-state index in [0.29, 0.717) is 24.5 Å². The second-order valence-electron chi connectivity index (χ2n) is 6.97. The zero-order valence-corrected chi connectivity index (χ0v) is 16.8. The summed E-state index contributed by atoms with van der Waals surface area (Å²) in [7, 11) is -3.27. The standard InChI is InChI=1S/C19H25N3O4S/c1-5-16(13-6-8-15(9-7-13)27(4,25)26)21-18(23)17-11-14(10-12(2)3)20-19(24)22-17/h6-9,11-12,16H,5,10H2,1-4H3,(H,21,23)(H,20,22,24). The van der Waals surface area contributed by atoms with Crippen LogP contribution in [-0.2, 0) is 16.3 Å². The Morgan fingerprint density at radius 2 is 1.85 bits per heavy atom. The average Bonchev–Trinajstić information content (AvgIpc) is 2.57. The Morgan fingerprint density at radius 1 is 1.22 bits per heavy atom. The summed E-state index contributed by atoms with van der Waals surface area (Å²) in [4.78, 5) is 31.0. The summed E-state index contributed by atoms with van der Waals surface area (Å²) < 4.78 is 23.2. The number of carbonyl (C=O) groups is 1. The number of H-pyrrole nitrogens is 1. The van der Waals surface area contributed by atoms with Gasteiger partial charge in [-0.25, -0.2) is 13.2 Å². The Labute approximate surface area is 159 Å². The predicted molar refractivity (Wildman–Crippen MR) is 103 cm³/mol. The number of amides is 1. The molecule has 1 amide bonds. The highest BCUT2D eigenvalue weighted by Crippen LogP contribution is 2.19. The van der Waals surface area contributed by atoms with E-state index >= 15 is 0 Å². The van der Waals surface area contributed by atoms with E-state index in [-0.39, 0.29) is 16.6 Å². The molecule has 0 fully saturated rings. The third kappa shape index (κ3) is 5.75. The minimum atomic E-state index is -3.27. The van der Waals surface area contributed by atoms with Crippen LogP contribution in [-0.4, -0.2) is 30.5 Å². The summed E-state index contributed by atoms with van der Waals surface area (Å²) in [6.07, 6.45) is 2.39. The molecule has 27 heavy (non-hydrogen) atoms.